The zero-order valence-corrected chi connectivity index (χ0v) is 17.7. The van der Waals surface area contributed by atoms with Crippen molar-refractivity contribution in [3.8, 4) is 0 Å². The van der Waals surface area contributed by atoms with Crippen LogP contribution in [0.4, 0.5) is 17.3 Å². The number of anilines is 2. The van der Waals surface area contributed by atoms with Crippen LogP contribution < -0.4 is 16.0 Å². The first-order chi connectivity index (χ1) is 13.3. The van der Waals surface area contributed by atoms with E-state index in [2.05, 4.69) is 69.8 Å². The summed E-state index contributed by atoms with van der Waals surface area (Å²) in [4.78, 5) is 17.3. The molecule has 0 aromatic carbocycles. The summed E-state index contributed by atoms with van der Waals surface area (Å²) in [6.07, 6.45) is 3.68. The number of amidine groups is 1. The molecule has 0 bridgehead atoms. The smallest absolute Gasteiger partial charge is 0.208 e. The molecule has 0 unspecified atom stereocenters. The Balaban J connectivity index is 2.40. The van der Waals surface area contributed by atoms with Crippen molar-refractivity contribution < 1.29 is 5.21 Å². The highest BCUT2D eigenvalue weighted by molar-refractivity contribution is 5.95. The number of rotatable bonds is 10. The molecule has 1 aromatic rings. The lowest BCUT2D eigenvalue weighted by molar-refractivity contribution is 0.284. The van der Waals surface area contributed by atoms with Crippen molar-refractivity contribution in [3.05, 3.63) is 5.82 Å². The van der Waals surface area contributed by atoms with Gasteiger partial charge < -0.3 is 21.2 Å². The Bertz CT molecular complexity index is 701. The summed E-state index contributed by atoms with van der Waals surface area (Å²) in [6, 6.07) is 0.252. The van der Waals surface area contributed by atoms with Crippen LogP contribution in [-0.4, -0.2) is 66.0 Å². The Morgan fingerprint density at radius 2 is 2.00 bits per heavy atom. The van der Waals surface area contributed by atoms with Crippen molar-refractivity contribution in [1.82, 2.24) is 14.9 Å². The van der Waals surface area contributed by atoms with Crippen molar-refractivity contribution in [1.29, 1.82) is 0 Å². The maximum absolute atomic E-state index is 9.04. The fourth-order valence-corrected chi connectivity index (χ4v) is 3.55. The Hall–Kier alpha value is -2.42. The molecule has 9 nitrogen and oxygen atoms in total. The van der Waals surface area contributed by atoms with E-state index in [1.54, 1.807) is 0 Å². The van der Waals surface area contributed by atoms with Crippen LogP contribution in [0.2, 0.25) is 0 Å². The third-order valence-electron chi connectivity index (χ3n) is 5.09. The van der Waals surface area contributed by atoms with E-state index >= 15 is 0 Å². The zero-order valence-electron chi connectivity index (χ0n) is 17.7. The van der Waals surface area contributed by atoms with Crippen LogP contribution in [-0.2, 0) is 0 Å². The van der Waals surface area contributed by atoms with Gasteiger partial charge in [-0.05, 0) is 45.4 Å². The normalized spacial score (nSPS) is 16.2. The summed E-state index contributed by atoms with van der Waals surface area (Å²) in [6.45, 7) is 11.8. The maximum atomic E-state index is 9.04. The predicted molar refractivity (Wildman–Crippen MR) is 115 cm³/mol. The summed E-state index contributed by atoms with van der Waals surface area (Å²) >= 11 is 0. The molecule has 0 radical (unpaired) electrons. The monoisotopic (exact) mass is 390 g/mol. The number of nitrogens with zero attached hydrogens (tertiary/aromatic N) is 6. The molecule has 1 aliphatic rings. The third kappa shape index (κ3) is 5.31. The highest BCUT2D eigenvalue weighted by atomic mass is 16.4. The minimum absolute atomic E-state index is 0.126. The molecular weight excluding hydrogens is 356 g/mol. The van der Waals surface area contributed by atoms with Crippen LogP contribution in [0.15, 0.2) is 10.1 Å². The van der Waals surface area contributed by atoms with Gasteiger partial charge >= 0.3 is 0 Å². The summed E-state index contributed by atoms with van der Waals surface area (Å²) in [5.41, 5.74) is 6.50. The third-order valence-corrected chi connectivity index (χ3v) is 5.09. The first-order valence-corrected chi connectivity index (χ1v) is 9.79. The Morgan fingerprint density at radius 3 is 2.50 bits per heavy atom. The summed E-state index contributed by atoms with van der Waals surface area (Å²) < 4.78 is 0. The molecule has 1 saturated carbocycles. The fourth-order valence-electron chi connectivity index (χ4n) is 3.55. The molecule has 0 saturated heterocycles. The van der Waals surface area contributed by atoms with E-state index in [-0.39, 0.29) is 17.7 Å². The molecule has 2 rings (SSSR count). The SMILES string of the molecule is C=Nc1nc(/C(N)=N/O)nc(N[C@H](C)C2CCC2)c1N(C)CN(C)CC(C)C. The van der Waals surface area contributed by atoms with Gasteiger partial charge in [0.05, 0.1) is 6.67 Å². The lowest BCUT2D eigenvalue weighted by atomic mass is 9.80. The molecule has 0 spiro atoms. The number of nitrogens with one attached hydrogen (secondary N) is 1. The molecule has 1 heterocycles. The van der Waals surface area contributed by atoms with E-state index < -0.39 is 0 Å². The molecule has 1 atom stereocenters. The van der Waals surface area contributed by atoms with Crippen LogP contribution in [0.3, 0.4) is 0 Å². The Morgan fingerprint density at radius 1 is 1.32 bits per heavy atom. The fraction of sp³-hybridized carbons (Fsp3) is 0.684. The largest absolute Gasteiger partial charge is 0.409 e. The lowest BCUT2D eigenvalue weighted by Crippen LogP contribution is -2.37. The van der Waals surface area contributed by atoms with E-state index in [4.69, 9.17) is 10.9 Å². The molecule has 1 fully saturated rings. The highest BCUT2D eigenvalue weighted by Gasteiger charge is 2.27. The molecule has 156 valence electrons. The first-order valence-electron chi connectivity index (χ1n) is 9.79. The second-order valence-electron chi connectivity index (χ2n) is 8.11. The van der Waals surface area contributed by atoms with Crippen molar-refractivity contribution in [2.75, 3.05) is 37.5 Å². The Kier molecular flexibility index (Phi) is 7.56. The van der Waals surface area contributed by atoms with E-state index in [1.165, 1.54) is 19.3 Å². The molecule has 1 aromatic heterocycles. The minimum Gasteiger partial charge on any atom is -0.409 e. The summed E-state index contributed by atoms with van der Waals surface area (Å²) in [5.74, 6) is 2.17. The lowest BCUT2D eigenvalue weighted by Gasteiger charge is -2.34. The number of hydrogen-bond donors (Lipinski definition) is 3. The van der Waals surface area contributed by atoms with Crippen molar-refractivity contribution in [3.63, 3.8) is 0 Å². The predicted octanol–water partition coefficient (Wildman–Crippen LogP) is 2.49. The molecule has 9 heteroatoms. The van der Waals surface area contributed by atoms with Crippen LogP contribution in [0.25, 0.3) is 0 Å². The van der Waals surface area contributed by atoms with Gasteiger partial charge in [0.2, 0.25) is 11.7 Å². The van der Waals surface area contributed by atoms with Crippen molar-refractivity contribution in [2.24, 2.45) is 27.7 Å². The summed E-state index contributed by atoms with van der Waals surface area (Å²) in [5, 5.41) is 15.6. The second kappa shape index (κ2) is 9.68. The number of oxime groups is 1. The molecule has 0 amide bonds. The van der Waals surface area contributed by atoms with E-state index in [1.807, 2.05) is 7.05 Å². The molecule has 4 N–H and O–H groups in total. The van der Waals surface area contributed by atoms with Crippen molar-refractivity contribution in [2.45, 2.75) is 46.1 Å². The molecular formula is C19H34N8O. The van der Waals surface area contributed by atoms with Gasteiger partial charge in [0.15, 0.2) is 11.6 Å². The van der Waals surface area contributed by atoms with Gasteiger partial charge in [-0.2, -0.15) is 0 Å². The van der Waals surface area contributed by atoms with Gasteiger partial charge in [0.1, 0.15) is 5.69 Å². The second-order valence-corrected chi connectivity index (χ2v) is 8.11. The number of aliphatic imine (C=N–C) groups is 1. The molecule has 1 aliphatic carbocycles. The average molecular weight is 391 g/mol. The number of nitrogens with two attached hydrogens (primary N) is 1. The van der Waals surface area contributed by atoms with Gasteiger partial charge in [0, 0.05) is 19.6 Å². The van der Waals surface area contributed by atoms with Gasteiger partial charge in [-0.15, -0.1) is 0 Å². The highest BCUT2D eigenvalue weighted by Crippen LogP contribution is 2.36. The van der Waals surface area contributed by atoms with Gasteiger partial charge in [-0.25, -0.2) is 15.0 Å². The van der Waals surface area contributed by atoms with Gasteiger partial charge in [-0.1, -0.05) is 25.4 Å². The maximum Gasteiger partial charge on any atom is 0.208 e. The first kappa shape index (κ1) is 21.9. The van der Waals surface area contributed by atoms with Crippen LogP contribution in [0.5, 0.6) is 0 Å². The van der Waals surface area contributed by atoms with E-state index in [9.17, 15) is 0 Å². The summed E-state index contributed by atoms with van der Waals surface area (Å²) in [7, 11) is 4.06. The van der Waals surface area contributed by atoms with Gasteiger partial charge in [-0.3, -0.25) is 4.90 Å². The quantitative estimate of drug-likeness (QED) is 0.185. The van der Waals surface area contributed by atoms with E-state index in [0.29, 0.717) is 30.1 Å². The average Bonchev–Trinajstić information content (AvgIpc) is 2.57. The molecule has 28 heavy (non-hydrogen) atoms. The topological polar surface area (TPSA) is 115 Å². The standard InChI is InChI=1S/C19H34N8O/c1-12(2)10-26(5)11-27(6)15-17(21-4)23-19(16(20)25-28)24-18(15)22-13(3)14-8-7-9-14/h12-14,28H,4,7-11H2,1-3,5-6H3,(H2,20,25)(H,22,23,24)/t13-/m1/s1. The molecule has 0 aliphatic heterocycles. The van der Waals surface area contributed by atoms with Gasteiger partial charge in [0.25, 0.3) is 0 Å². The number of aromatic nitrogens is 2. The zero-order chi connectivity index (χ0) is 20.8. The Labute approximate surface area is 167 Å². The van der Waals surface area contributed by atoms with Crippen molar-refractivity contribution >= 4 is 29.9 Å². The number of hydrogen-bond acceptors (Lipinski definition) is 8. The minimum atomic E-state index is -0.157. The van der Waals surface area contributed by atoms with Crippen LogP contribution >= 0.6 is 0 Å². The van der Waals surface area contributed by atoms with Crippen LogP contribution in [0, 0.1) is 11.8 Å². The van der Waals surface area contributed by atoms with Crippen LogP contribution in [0.1, 0.15) is 45.9 Å². The van der Waals surface area contributed by atoms with E-state index in [0.717, 1.165) is 12.2 Å².